The molecule has 12 aromatic rings. The van der Waals surface area contributed by atoms with Crippen LogP contribution in [0.25, 0.3) is 78.1 Å². The molecule has 0 aliphatic carbocycles. The lowest BCUT2D eigenvalue weighted by molar-refractivity contribution is 0.532. The molecule has 0 aliphatic heterocycles. The quantitative estimate of drug-likeness (QED) is 0.122. The van der Waals surface area contributed by atoms with Crippen molar-refractivity contribution in [2.45, 2.75) is 65.7 Å². The third-order valence-electron chi connectivity index (χ3n) is 13.2. The highest BCUT2D eigenvalue weighted by Gasteiger charge is 2.29. The van der Waals surface area contributed by atoms with Crippen molar-refractivity contribution < 1.29 is 17.6 Å². The van der Waals surface area contributed by atoms with E-state index in [4.69, 9.17) is 31.6 Å². The molecule has 0 saturated heterocycles. The summed E-state index contributed by atoms with van der Waals surface area (Å²) < 4.78 is 65.7. The van der Waals surface area contributed by atoms with Crippen molar-refractivity contribution in [1.29, 1.82) is 0 Å². The predicted octanol–water partition coefficient (Wildman–Crippen LogP) is 8.83. The lowest BCUT2D eigenvalue weighted by atomic mass is 10.0. The van der Waals surface area contributed by atoms with Crippen LogP contribution in [0.3, 0.4) is 0 Å². The summed E-state index contributed by atoms with van der Waals surface area (Å²) >= 11 is 0. The molecule has 4 N–H and O–H groups in total. The van der Waals surface area contributed by atoms with Crippen LogP contribution in [0.2, 0.25) is 0 Å². The van der Waals surface area contributed by atoms with E-state index in [2.05, 4.69) is 30.1 Å². The largest absolute Gasteiger partial charge is 0.383 e. The molecule has 0 unspecified atom stereocenters. The van der Waals surface area contributed by atoms with Crippen LogP contribution in [0.4, 0.5) is 29.2 Å². The van der Waals surface area contributed by atoms with E-state index in [-0.39, 0.29) is 46.1 Å². The number of hydrogen-bond acceptors (Lipinski definition) is 14. The molecule has 0 radical (unpaired) electrons. The number of nitrogens with zero attached hydrogens (tertiary/aromatic N) is 16. The summed E-state index contributed by atoms with van der Waals surface area (Å²) in [5.74, 6) is -1.78. The van der Waals surface area contributed by atoms with Gasteiger partial charge in [0.25, 0.3) is 11.1 Å². The highest BCUT2D eigenvalue weighted by atomic mass is 19.1. The van der Waals surface area contributed by atoms with Gasteiger partial charge in [-0.3, -0.25) is 27.8 Å². The summed E-state index contributed by atoms with van der Waals surface area (Å²) in [6.45, 7) is 11.6. The van der Waals surface area contributed by atoms with Crippen LogP contribution in [-0.4, -0.2) is 77.8 Å². The molecule has 10 aromatic heterocycles. The molecule has 0 saturated carbocycles. The van der Waals surface area contributed by atoms with E-state index in [0.717, 1.165) is 21.2 Å². The Morgan fingerprint density at radius 2 is 0.897 bits per heavy atom. The maximum Gasteiger partial charge on any atom is 0.266 e. The minimum absolute atomic E-state index is 0.116. The Hall–Kier alpha value is -10.0. The number of nitrogens with two attached hydrogens (primary N) is 2. The minimum Gasteiger partial charge on any atom is -0.383 e. The normalized spacial score (nSPS) is 12.6. The summed E-state index contributed by atoms with van der Waals surface area (Å²) in [6.07, 6.45) is 11.9. The first-order valence-electron chi connectivity index (χ1n) is 24.5. The molecule has 0 spiro atoms. The second kappa shape index (κ2) is 19.6. The van der Waals surface area contributed by atoms with Crippen LogP contribution >= 0.6 is 0 Å². The van der Waals surface area contributed by atoms with Gasteiger partial charge in [-0.05, 0) is 101 Å². The highest BCUT2D eigenvalue weighted by molar-refractivity contribution is 5.99. The van der Waals surface area contributed by atoms with E-state index in [1.54, 1.807) is 57.1 Å². The van der Waals surface area contributed by atoms with Gasteiger partial charge in [0.1, 0.15) is 70.2 Å². The van der Waals surface area contributed by atoms with Crippen LogP contribution in [0.5, 0.6) is 0 Å². The van der Waals surface area contributed by atoms with Crippen molar-refractivity contribution >= 4 is 45.0 Å². The van der Waals surface area contributed by atoms with Gasteiger partial charge in [-0.25, -0.2) is 56.8 Å². The topological polar surface area (TPSA) is 244 Å². The molecule has 78 heavy (non-hydrogen) atoms. The van der Waals surface area contributed by atoms with Crippen molar-refractivity contribution in [3.05, 3.63) is 178 Å². The van der Waals surface area contributed by atoms with Crippen LogP contribution < -0.4 is 22.6 Å². The molecule has 12 rings (SSSR count). The number of anilines is 2. The molecular weight excluding hydrogens is 1010 g/mol. The molecule has 24 heteroatoms. The lowest BCUT2D eigenvalue weighted by Crippen LogP contribution is -2.23. The number of pyridine rings is 2. The Kier molecular flexibility index (Phi) is 12.6. The van der Waals surface area contributed by atoms with Crippen molar-refractivity contribution in [3.63, 3.8) is 0 Å². The Bertz CT molecular complexity index is 4160. The highest BCUT2D eigenvalue weighted by Crippen LogP contribution is 2.37. The van der Waals surface area contributed by atoms with Crippen LogP contribution in [0, 0.1) is 23.3 Å². The fourth-order valence-corrected chi connectivity index (χ4v) is 9.35. The summed E-state index contributed by atoms with van der Waals surface area (Å²) in [4.78, 5) is 54.1. The fourth-order valence-electron chi connectivity index (χ4n) is 9.35. The van der Waals surface area contributed by atoms with Gasteiger partial charge in [0, 0.05) is 48.0 Å². The number of nitrogen functional groups attached to an aromatic ring is 2. The maximum atomic E-state index is 14.3. The average molecular weight is 1060 g/mol. The summed E-state index contributed by atoms with van der Waals surface area (Å²) in [6, 6.07) is 15.5. The van der Waals surface area contributed by atoms with E-state index in [0.29, 0.717) is 67.1 Å². The Labute approximate surface area is 439 Å². The van der Waals surface area contributed by atoms with Gasteiger partial charge in [0.15, 0.2) is 11.3 Å². The second-order valence-electron chi connectivity index (χ2n) is 19.0. The average Bonchev–Trinajstić information content (AvgIpc) is 4.28. The first-order chi connectivity index (χ1) is 37.4. The predicted molar refractivity (Wildman–Crippen MR) is 284 cm³/mol. The number of benzene rings is 2. The third kappa shape index (κ3) is 8.80. The minimum atomic E-state index is -0.670. The van der Waals surface area contributed by atoms with E-state index < -0.39 is 46.5 Å². The molecule has 0 fully saturated rings. The number of hydrogen-bond donors (Lipinski definition) is 2. The van der Waals surface area contributed by atoms with Crippen LogP contribution in [0.1, 0.15) is 77.1 Å². The maximum absolute atomic E-state index is 14.3. The van der Waals surface area contributed by atoms with Gasteiger partial charge < -0.3 is 11.5 Å². The zero-order chi connectivity index (χ0) is 54.8. The number of aromatic nitrogens is 16. The first-order valence-corrected chi connectivity index (χ1v) is 24.5. The number of fused-ring (bicyclic) bond motifs is 4. The number of halogens is 4. The molecule has 392 valence electrons. The van der Waals surface area contributed by atoms with Crippen LogP contribution in [-0.2, 0) is 0 Å². The van der Waals surface area contributed by atoms with E-state index in [9.17, 15) is 27.2 Å². The molecule has 0 bridgehead atoms. The monoisotopic (exact) mass is 1050 g/mol. The summed E-state index contributed by atoms with van der Waals surface area (Å²) in [5.41, 5.74) is 16.7. The Morgan fingerprint density at radius 3 is 1.27 bits per heavy atom. The van der Waals surface area contributed by atoms with Crippen LogP contribution in [0.15, 0.2) is 132 Å². The molecule has 10 heterocycles. The van der Waals surface area contributed by atoms with Gasteiger partial charge in [-0.2, -0.15) is 20.4 Å². The first kappa shape index (κ1) is 50.2. The second-order valence-corrected chi connectivity index (χ2v) is 19.0. The summed E-state index contributed by atoms with van der Waals surface area (Å²) in [7, 11) is 0. The van der Waals surface area contributed by atoms with Gasteiger partial charge >= 0.3 is 0 Å². The zero-order valence-electron chi connectivity index (χ0n) is 42.5. The fraction of sp³-hybridized carbons (Fsp3) is 0.185. The molecule has 2 aromatic carbocycles. The van der Waals surface area contributed by atoms with E-state index in [1.165, 1.54) is 73.3 Å². The Balaban J connectivity index is 0.000000165. The third-order valence-corrected chi connectivity index (χ3v) is 13.2. The number of rotatable bonds is 10. The zero-order valence-corrected chi connectivity index (χ0v) is 42.5. The molecule has 0 aliphatic rings. The van der Waals surface area contributed by atoms with Gasteiger partial charge in [0.05, 0.1) is 57.8 Å². The van der Waals surface area contributed by atoms with Gasteiger partial charge in [-0.15, -0.1) is 0 Å². The smallest absolute Gasteiger partial charge is 0.266 e. The van der Waals surface area contributed by atoms with E-state index >= 15 is 0 Å². The summed E-state index contributed by atoms with van der Waals surface area (Å²) in [5, 5.41) is 19.6. The van der Waals surface area contributed by atoms with Gasteiger partial charge in [-0.1, -0.05) is 24.3 Å². The van der Waals surface area contributed by atoms with Crippen molar-refractivity contribution in [3.8, 4) is 44.8 Å². The van der Waals surface area contributed by atoms with E-state index in [1.807, 2.05) is 40.1 Å². The molecule has 0 amide bonds. The van der Waals surface area contributed by atoms with Gasteiger partial charge in [0.2, 0.25) is 0 Å². The van der Waals surface area contributed by atoms with Crippen molar-refractivity contribution in [2.24, 2.45) is 0 Å². The lowest BCUT2D eigenvalue weighted by Gasteiger charge is -2.18. The Morgan fingerprint density at radius 1 is 0.487 bits per heavy atom. The molecular formula is C54H46F4N18O2. The van der Waals surface area contributed by atoms with Crippen molar-refractivity contribution in [1.82, 2.24) is 77.8 Å². The van der Waals surface area contributed by atoms with Crippen molar-refractivity contribution in [2.75, 3.05) is 11.5 Å². The molecule has 2 atom stereocenters. The molecule has 20 nitrogen and oxygen atoms in total. The SMILES string of the molecule is CC(C)n1cc(-c2nn([C@@H](C)c3nc4ccc(F)cn4c(=O)c3-c3cccc(F)c3)c3ncnc(N)c23)cn1.CC(C)n1cc(-c2nn([C@H](C)c3nc4ccc(F)cn4c(=O)c3-c3cccc(F)c3)c3ncnc(N)c23)cn1. The standard InChI is InChI=1S/2C27H23F2N9O/c2*1-14(2)37-11-17(10-33-37)24-22-25(30)31-13-32-26(22)38(35-24)15(3)23-21(16-5-4-6-18(28)9-16)27(39)36-12-19(29)7-8-20(36)34-23/h2*4-15H,1-3H3,(H2,30,31,32)/t2*15-/m10/s1.